The number of nitrogens with zero attached hydrogens (tertiary/aromatic N) is 2. The number of ether oxygens (including phenoxy) is 2. The smallest absolute Gasteiger partial charge is 0.265 e. The number of aryl methyl sites for hydroxylation is 1. The van der Waals surface area contributed by atoms with Crippen LogP contribution < -0.4 is 20.3 Å². The van der Waals surface area contributed by atoms with Gasteiger partial charge in [0.15, 0.2) is 11.1 Å². The highest BCUT2D eigenvalue weighted by Crippen LogP contribution is 2.27. The molecule has 4 rings (SSSR count). The van der Waals surface area contributed by atoms with E-state index in [9.17, 15) is 9.59 Å². The van der Waals surface area contributed by atoms with Gasteiger partial charge in [-0.2, -0.15) is 0 Å². The number of carbonyl (C=O) groups excluding carboxylic acids is 1. The Bertz CT molecular complexity index is 1270. The zero-order valence-electron chi connectivity index (χ0n) is 17.1. The van der Waals surface area contributed by atoms with Crippen molar-refractivity contribution in [2.45, 2.75) is 26.6 Å². The summed E-state index contributed by atoms with van der Waals surface area (Å²) in [5, 5.41) is 4.68. The van der Waals surface area contributed by atoms with Crippen LogP contribution in [0.4, 0.5) is 5.69 Å². The lowest BCUT2D eigenvalue weighted by Gasteiger charge is -2.17. The van der Waals surface area contributed by atoms with Gasteiger partial charge in [0, 0.05) is 17.6 Å². The number of hydrogen-bond acceptors (Lipinski definition) is 6. The molecule has 0 aliphatic heterocycles. The van der Waals surface area contributed by atoms with E-state index in [4.69, 9.17) is 9.47 Å². The van der Waals surface area contributed by atoms with Gasteiger partial charge in [-0.15, -0.1) is 11.3 Å². The molecule has 0 saturated heterocycles. The first-order chi connectivity index (χ1) is 15.0. The maximum absolute atomic E-state index is 12.7. The average Bonchev–Trinajstić information content (AvgIpc) is 3.23. The molecule has 0 saturated carbocycles. The van der Waals surface area contributed by atoms with Crippen molar-refractivity contribution in [1.82, 2.24) is 9.38 Å². The number of aromatic nitrogens is 2. The fraction of sp³-hybridized carbons (Fsp3) is 0.174. The molecule has 0 spiro atoms. The Balaban J connectivity index is 1.47. The third-order valence-electron chi connectivity index (χ3n) is 4.55. The lowest BCUT2D eigenvalue weighted by atomic mass is 10.2. The number of thiazole rings is 1. The van der Waals surface area contributed by atoms with E-state index in [1.54, 1.807) is 36.7 Å². The van der Waals surface area contributed by atoms with Crippen LogP contribution in [0, 0.1) is 6.92 Å². The van der Waals surface area contributed by atoms with Gasteiger partial charge in [0.2, 0.25) is 0 Å². The Morgan fingerprint density at radius 2 is 2.00 bits per heavy atom. The van der Waals surface area contributed by atoms with Gasteiger partial charge in [-0.1, -0.05) is 24.3 Å². The molecule has 0 aliphatic rings. The maximum Gasteiger partial charge on any atom is 0.265 e. The molecule has 4 aromatic rings. The number of benzene rings is 2. The molecule has 1 atom stereocenters. The second-order valence-corrected chi connectivity index (χ2v) is 7.86. The van der Waals surface area contributed by atoms with Crippen LogP contribution in [0.1, 0.15) is 18.2 Å². The van der Waals surface area contributed by atoms with Crippen molar-refractivity contribution >= 4 is 27.9 Å². The van der Waals surface area contributed by atoms with Crippen LogP contribution in [-0.4, -0.2) is 21.4 Å². The third kappa shape index (κ3) is 4.92. The molecular weight excluding hydrogens is 414 g/mol. The van der Waals surface area contributed by atoms with Gasteiger partial charge in [0.25, 0.3) is 11.5 Å². The standard InChI is InChI=1S/C23H21N3O4S/c1-15-8-9-20(29-14-17-13-21(27)26-10-11-31-23(26)24-17)19(12-15)25-22(28)16(2)30-18-6-4-3-5-7-18/h3-13,16H,14H2,1-2H3,(H,25,28)/t16-/m0/s1. The average molecular weight is 436 g/mol. The van der Waals surface area contributed by atoms with Gasteiger partial charge in [-0.3, -0.25) is 14.0 Å². The minimum absolute atomic E-state index is 0.103. The zero-order chi connectivity index (χ0) is 21.8. The summed E-state index contributed by atoms with van der Waals surface area (Å²) in [5.41, 5.74) is 1.86. The van der Waals surface area contributed by atoms with Crippen molar-refractivity contribution in [3.05, 3.63) is 87.8 Å². The Hall–Kier alpha value is -3.65. The van der Waals surface area contributed by atoms with Gasteiger partial charge >= 0.3 is 0 Å². The highest BCUT2D eigenvalue weighted by molar-refractivity contribution is 7.15. The highest BCUT2D eigenvalue weighted by atomic mass is 32.1. The van der Waals surface area contributed by atoms with Crippen molar-refractivity contribution in [2.24, 2.45) is 0 Å². The highest BCUT2D eigenvalue weighted by Gasteiger charge is 2.17. The molecule has 0 unspecified atom stereocenters. The summed E-state index contributed by atoms with van der Waals surface area (Å²) in [5.74, 6) is 0.807. The van der Waals surface area contributed by atoms with Crippen LogP contribution in [0.3, 0.4) is 0 Å². The summed E-state index contributed by atoms with van der Waals surface area (Å²) in [7, 11) is 0. The monoisotopic (exact) mass is 435 g/mol. The van der Waals surface area contributed by atoms with Crippen LogP contribution in [0.5, 0.6) is 11.5 Å². The van der Waals surface area contributed by atoms with E-state index >= 15 is 0 Å². The molecule has 7 nitrogen and oxygen atoms in total. The first-order valence-corrected chi connectivity index (χ1v) is 10.6. The minimum atomic E-state index is -0.696. The summed E-state index contributed by atoms with van der Waals surface area (Å²) in [6.07, 6.45) is 0.991. The summed E-state index contributed by atoms with van der Waals surface area (Å²) < 4.78 is 13.1. The van der Waals surface area contributed by atoms with Gasteiger partial charge in [-0.05, 0) is 43.7 Å². The van der Waals surface area contributed by atoms with Crippen LogP contribution in [0.2, 0.25) is 0 Å². The van der Waals surface area contributed by atoms with Gasteiger partial charge in [0.05, 0.1) is 11.4 Å². The van der Waals surface area contributed by atoms with E-state index < -0.39 is 6.10 Å². The number of rotatable bonds is 7. The van der Waals surface area contributed by atoms with E-state index in [0.29, 0.717) is 27.8 Å². The molecule has 31 heavy (non-hydrogen) atoms. The SMILES string of the molecule is Cc1ccc(OCc2cc(=O)n3ccsc3n2)c(NC(=O)[C@H](C)Oc2ccccc2)c1. The van der Waals surface area contributed by atoms with Gasteiger partial charge < -0.3 is 14.8 Å². The molecule has 2 aromatic heterocycles. The van der Waals surface area contributed by atoms with Crippen LogP contribution in [0.15, 0.2) is 71.0 Å². The summed E-state index contributed by atoms with van der Waals surface area (Å²) in [4.78, 5) is 29.9. The molecule has 0 aliphatic carbocycles. The summed E-state index contributed by atoms with van der Waals surface area (Å²) >= 11 is 1.38. The van der Waals surface area contributed by atoms with E-state index in [2.05, 4.69) is 10.3 Å². The number of fused-ring (bicyclic) bond motifs is 1. The van der Waals surface area contributed by atoms with Crippen LogP contribution in [-0.2, 0) is 11.4 Å². The fourth-order valence-corrected chi connectivity index (χ4v) is 3.71. The van der Waals surface area contributed by atoms with E-state index in [-0.39, 0.29) is 18.1 Å². The lowest BCUT2D eigenvalue weighted by molar-refractivity contribution is -0.122. The van der Waals surface area contributed by atoms with Crippen molar-refractivity contribution in [1.29, 1.82) is 0 Å². The Labute approximate surface area is 182 Å². The van der Waals surface area contributed by atoms with Gasteiger partial charge in [-0.25, -0.2) is 4.98 Å². The maximum atomic E-state index is 12.7. The van der Waals surface area contributed by atoms with Crippen LogP contribution in [0.25, 0.3) is 4.96 Å². The molecule has 2 heterocycles. The molecule has 0 fully saturated rings. The molecule has 8 heteroatoms. The molecule has 0 radical (unpaired) electrons. The van der Waals surface area contributed by atoms with Crippen molar-refractivity contribution < 1.29 is 14.3 Å². The molecule has 1 amide bonds. The first-order valence-electron chi connectivity index (χ1n) is 9.71. The van der Waals surface area contributed by atoms with Crippen molar-refractivity contribution in [2.75, 3.05) is 5.32 Å². The first kappa shape index (κ1) is 20.6. The number of amides is 1. The van der Waals surface area contributed by atoms with Crippen LogP contribution >= 0.6 is 11.3 Å². The molecule has 2 aromatic carbocycles. The number of nitrogens with one attached hydrogen (secondary N) is 1. The molecule has 158 valence electrons. The Morgan fingerprint density at radius 1 is 1.19 bits per heavy atom. The molecule has 1 N–H and O–H groups in total. The second kappa shape index (κ2) is 9.01. The quantitative estimate of drug-likeness (QED) is 0.474. The zero-order valence-corrected chi connectivity index (χ0v) is 17.9. The lowest BCUT2D eigenvalue weighted by Crippen LogP contribution is -2.30. The molecular formula is C23H21N3O4S. The Morgan fingerprint density at radius 3 is 2.81 bits per heavy atom. The summed E-state index contributed by atoms with van der Waals surface area (Å²) in [6.45, 7) is 3.72. The third-order valence-corrected chi connectivity index (χ3v) is 5.31. The summed E-state index contributed by atoms with van der Waals surface area (Å²) in [6, 6.07) is 16.1. The number of anilines is 1. The number of hydrogen-bond donors (Lipinski definition) is 1. The van der Waals surface area contributed by atoms with E-state index in [0.717, 1.165) is 5.56 Å². The normalized spacial score (nSPS) is 11.8. The topological polar surface area (TPSA) is 81.9 Å². The Kier molecular flexibility index (Phi) is 5.99. The largest absolute Gasteiger partial charge is 0.485 e. The van der Waals surface area contributed by atoms with E-state index in [1.165, 1.54) is 21.8 Å². The van der Waals surface area contributed by atoms with Crippen molar-refractivity contribution in [3.63, 3.8) is 0 Å². The number of para-hydroxylation sites is 1. The predicted octanol–water partition coefficient (Wildman–Crippen LogP) is 4.05. The molecule has 0 bridgehead atoms. The van der Waals surface area contributed by atoms with Gasteiger partial charge in [0.1, 0.15) is 18.1 Å². The van der Waals surface area contributed by atoms with Crippen molar-refractivity contribution in [3.8, 4) is 11.5 Å². The second-order valence-electron chi connectivity index (χ2n) is 6.99. The predicted molar refractivity (Wildman–Crippen MR) is 120 cm³/mol. The minimum Gasteiger partial charge on any atom is -0.485 e. The van der Waals surface area contributed by atoms with E-state index in [1.807, 2.05) is 37.3 Å². The number of carbonyl (C=O) groups is 1. The fourth-order valence-electron chi connectivity index (χ4n) is 2.97.